The second-order valence-electron chi connectivity index (χ2n) is 16.8. The molecule has 0 spiro atoms. The highest BCUT2D eigenvalue weighted by atomic mass is 31.1. The third-order valence-corrected chi connectivity index (χ3v) is 12.9. The minimum absolute atomic E-state index is 0.188. The standard InChI is InChI=1S/C31H33NO3.C26H21O4P/c1-21-15-17-32(20-21)16-5-6-23-9-11-24(12-10-23)31-30(25-7-4-8-27(18-25)34-3)22(2)28-14-13-26(33)19-29(28)35-31;1-17-23-13-12-22(31-28)16-24(23)30-26(19-10-8-18(9-11-19)5-4-14-27)25(17)20-6-3-7-21(15-20)29-2/h4-14,18-19,21,31,33H,15-17,20H2,1-3H3;3,6-13,15-16,26-27H,14H2,1-2H3/p+1/b6-5-;/t21-,31?;/m1./s1/i/hT. The molecule has 1 fully saturated rings. The predicted molar refractivity (Wildman–Crippen MR) is 267 cm³/mol. The molecule has 3 unspecified atom stereocenters. The number of phenolic OH excluding ortho intramolecular Hbond substituents is 1. The van der Waals surface area contributed by atoms with E-state index in [1.165, 1.54) is 25.1 Å². The lowest BCUT2D eigenvalue weighted by Crippen LogP contribution is -2.19. The van der Waals surface area contributed by atoms with E-state index in [0.717, 1.165) is 85.2 Å². The van der Waals surface area contributed by atoms with Crippen LogP contribution in [0.1, 0.15) is 83.9 Å². The number of aliphatic hydroxyl groups is 1. The second-order valence-corrected chi connectivity index (χ2v) is 17.5. The van der Waals surface area contributed by atoms with Gasteiger partial charge in [-0.05, 0) is 132 Å². The largest absolute Gasteiger partial charge is 0.508 e. The molecule has 4 atom stereocenters. The highest BCUT2D eigenvalue weighted by molar-refractivity contribution is 7.34. The van der Waals surface area contributed by atoms with E-state index in [2.05, 4.69) is 79.1 Å². The Morgan fingerprint density at radius 1 is 0.773 bits per heavy atom. The zero-order valence-electron chi connectivity index (χ0n) is 39.0. The van der Waals surface area contributed by atoms with Gasteiger partial charge in [-0.2, -0.15) is 0 Å². The zero-order chi connectivity index (χ0) is 47.0. The summed E-state index contributed by atoms with van der Waals surface area (Å²) in [6.07, 6.45) is 5.06. The molecule has 0 amide bonds. The number of aliphatic hydroxyl groups excluding tert-OH is 1. The van der Waals surface area contributed by atoms with E-state index < -0.39 is 14.5 Å². The smallest absolute Gasteiger partial charge is 0.394 e. The van der Waals surface area contributed by atoms with Crippen LogP contribution in [0.3, 0.4) is 0 Å². The Labute approximate surface area is 391 Å². The second kappa shape index (κ2) is 21.0. The zero-order valence-corrected chi connectivity index (χ0v) is 38.8. The van der Waals surface area contributed by atoms with Gasteiger partial charge in [0.15, 0.2) is 5.30 Å². The van der Waals surface area contributed by atoms with Gasteiger partial charge in [-0.15, -0.1) is 0 Å². The molecule has 6 aromatic rings. The average molecular weight is 899 g/mol. The van der Waals surface area contributed by atoms with Crippen LogP contribution >= 0.6 is 8.41 Å². The number of phenols is 1. The predicted octanol–water partition coefficient (Wildman–Crippen LogP) is 11.6. The van der Waals surface area contributed by atoms with E-state index in [4.69, 9.17) is 25.3 Å². The van der Waals surface area contributed by atoms with E-state index in [1.54, 1.807) is 38.5 Å². The molecule has 8 nitrogen and oxygen atoms in total. The minimum Gasteiger partial charge on any atom is -0.508 e. The molecule has 3 heterocycles. The van der Waals surface area contributed by atoms with Gasteiger partial charge >= 0.3 is 9.68 Å². The van der Waals surface area contributed by atoms with Gasteiger partial charge in [-0.25, -0.2) is 0 Å². The summed E-state index contributed by atoms with van der Waals surface area (Å²) in [5.74, 6) is 9.43. The van der Waals surface area contributed by atoms with Crippen LogP contribution in [0.15, 0.2) is 140 Å². The number of benzene rings is 6. The van der Waals surface area contributed by atoms with Crippen LogP contribution in [0.4, 0.5) is 0 Å². The number of aromatic hydroxyl groups is 1. The van der Waals surface area contributed by atoms with Crippen molar-refractivity contribution in [3.8, 4) is 40.6 Å². The van der Waals surface area contributed by atoms with Crippen LogP contribution in [0.25, 0.3) is 28.4 Å². The van der Waals surface area contributed by atoms with Crippen LogP contribution in [-0.4, -0.2) is 56.9 Å². The van der Waals surface area contributed by atoms with Crippen LogP contribution in [0, 0.1) is 17.8 Å². The summed E-state index contributed by atoms with van der Waals surface area (Å²) in [7, 11) is 1.11. The van der Waals surface area contributed by atoms with Crippen molar-refractivity contribution in [2.75, 3.05) is 40.5 Å². The van der Waals surface area contributed by atoms with Crippen molar-refractivity contribution >= 4 is 42.1 Å². The molecule has 9 heteroatoms. The molecule has 0 radical (unpaired) electrons. The lowest BCUT2D eigenvalue weighted by Gasteiger charge is -2.31. The Bertz CT molecular complexity index is 2930. The van der Waals surface area contributed by atoms with Gasteiger partial charge in [-0.3, -0.25) is 4.90 Å². The van der Waals surface area contributed by atoms with Gasteiger partial charge in [-0.1, -0.05) is 96.1 Å². The highest BCUT2D eigenvalue weighted by Gasteiger charge is 2.32. The first-order valence-electron chi connectivity index (χ1n) is 22.6. The van der Waals surface area contributed by atoms with Gasteiger partial charge in [0, 0.05) is 53.1 Å². The summed E-state index contributed by atoms with van der Waals surface area (Å²) >= 11 is 0. The van der Waals surface area contributed by atoms with Gasteiger partial charge in [0.05, 0.1) is 14.2 Å². The molecule has 9 rings (SSSR count). The molecule has 0 bridgehead atoms. The quantitative estimate of drug-likeness (QED) is 0.104. The average Bonchev–Trinajstić information content (AvgIpc) is 3.77. The molecule has 3 aliphatic heterocycles. The van der Waals surface area contributed by atoms with Gasteiger partial charge < -0.3 is 29.2 Å². The number of fused-ring (bicyclic) bond motifs is 2. The van der Waals surface area contributed by atoms with Crippen molar-refractivity contribution in [3.63, 3.8) is 0 Å². The van der Waals surface area contributed by atoms with Crippen molar-refractivity contribution in [1.82, 2.24) is 4.90 Å². The van der Waals surface area contributed by atoms with Crippen molar-refractivity contribution < 1.29 is 33.7 Å². The molecule has 3 aliphatic rings. The maximum absolute atomic E-state index is 11.7. The summed E-state index contributed by atoms with van der Waals surface area (Å²) in [5.41, 5.74) is 12.2. The topological polar surface area (TPSA) is 97.7 Å². The van der Waals surface area contributed by atoms with E-state index in [0.29, 0.717) is 16.8 Å². The molecular weight excluding hydrogens is 842 g/mol. The maximum atomic E-state index is 11.7. The number of likely N-dealkylation sites (tertiary alicyclic amines) is 1. The summed E-state index contributed by atoms with van der Waals surface area (Å²) in [6.45, 7) is 9.69. The number of rotatable bonds is 10. The summed E-state index contributed by atoms with van der Waals surface area (Å²) in [6, 6.07) is 42.9. The minimum atomic E-state index is -2.21. The molecule has 6 aromatic carbocycles. The fourth-order valence-electron chi connectivity index (χ4n) is 8.93. The number of methoxy groups -OCH3 is 2. The molecule has 0 aliphatic carbocycles. The summed E-state index contributed by atoms with van der Waals surface area (Å²) in [5, 5.41) is 19.4. The normalized spacial score (nSPS) is 18.1. The van der Waals surface area contributed by atoms with Gasteiger partial charge in [0.1, 0.15) is 47.6 Å². The Kier molecular flexibility index (Phi) is 14.1. The first kappa shape index (κ1) is 44.3. The van der Waals surface area contributed by atoms with Crippen molar-refractivity contribution in [1.29, 1.82) is 1.28 Å². The summed E-state index contributed by atoms with van der Waals surface area (Å²) in [4.78, 5) is 2.51. The number of ether oxygens (including phenoxy) is 4. The van der Waals surface area contributed by atoms with Crippen LogP contribution in [0.5, 0.6) is 28.7 Å². The van der Waals surface area contributed by atoms with Crippen LogP contribution in [-0.2, 0) is 4.57 Å². The third-order valence-electron chi connectivity index (χ3n) is 12.4. The molecule has 0 aromatic heterocycles. The highest BCUT2D eigenvalue weighted by Crippen LogP contribution is 2.49. The van der Waals surface area contributed by atoms with Gasteiger partial charge in [0.2, 0.25) is 0 Å². The van der Waals surface area contributed by atoms with Crippen LogP contribution < -0.4 is 24.3 Å². The van der Waals surface area contributed by atoms with E-state index in [-0.39, 0.29) is 18.5 Å². The number of hydrogen-bond acceptors (Lipinski definition) is 8. The molecule has 66 heavy (non-hydrogen) atoms. The fourth-order valence-corrected chi connectivity index (χ4v) is 9.24. The van der Waals surface area contributed by atoms with Gasteiger partial charge in [0.25, 0.3) is 0 Å². The van der Waals surface area contributed by atoms with Crippen molar-refractivity contribution in [2.45, 2.75) is 39.4 Å². The number of hydrogen-bond donors (Lipinski definition) is 2. The molecule has 2 N–H and O–H groups in total. The van der Waals surface area contributed by atoms with E-state index in [1.807, 2.05) is 79.7 Å². The molecular formula is C57H55NO7P+. The Morgan fingerprint density at radius 3 is 1.89 bits per heavy atom. The van der Waals surface area contributed by atoms with Crippen molar-refractivity contribution in [3.05, 3.63) is 184 Å². The first-order chi connectivity index (χ1) is 32.5. The maximum Gasteiger partial charge on any atom is 0.394 e. The van der Waals surface area contributed by atoms with E-state index in [9.17, 15) is 9.67 Å². The molecule has 1 saturated heterocycles. The monoisotopic (exact) mass is 898 g/mol. The SMILES string of the molecule is COc1cccc(C2=C(C)c3ccc(O)cc3OC2c2ccc(/C=C\CN3CC[C@@H](C)C3)cc2)c1.[3H][P+](=O)c1ccc2c(c1)OC(c1ccc(C#CCO)cc1)C(c1cccc(OC)c1)=C2C. The molecule has 0 saturated carbocycles. The Balaban J connectivity index is 0.000000182. The number of allylic oxidation sites excluding steroid dienone is 2. The lowest BCUT2D eigenvalue weighted by atomic mass is 9.86. The third kappa shape index (κ3) is 10.3. The fraction of sp³-hybridized carbons (Fsp3) is 0.228. The molecule has 334 valence electrons. The summed E-state index contributed by atoms with van der Waals surface area (Å²) < 4.78 is 43.3. The Hall–Kier alpha value is -6.88. The van der Waals surface area contributed by atoms with E-state index >= 15 is 0 Å². The number of nitrogens with zero attached hydrogens (tertiary/aromatic N) is 1. The first-order valence-corrected chi connectivity index (χ1v) is 23.0. The Morgan fingerprint density at radius 2 is 1.35 bits per heavy atom. The lowest BCUT2D eigenvalue weighted by molar-refractivity contribution is 0.259. The van der Waals surface area contributed by atoms with Crippen LogP contribution in [0.2, 0.25) is 0 Å². The van der Waals surface area contributed by atoms with Crippen molar-refractivity contribution in [2.24, 2.45) is 5.92 Å².